The van der Waals surface area contributed by atoms with Crippen LogP contribution in [0.2, 0.25) is 0 Å². The Morgan fingerprint density at radius 1 is 0.964 bits per heavy atom. The van der Waals surface area contributed by atoms with Crippen LogP contribution in [0.3, 0.4) is 0 Å². The van der Waals surface area contributed by atoms with Gasteiger partial charge in [0.25, 0.3) is 11.8 Å². The molecule has 0 radical (unpaired) electrons. The molecule has 0 aliphatic carbocycles. The van der Waals surface area contributed by atoms with Crippen molar-refractivity contribution in [2.24, 2.45) is 0 Å². The lowest BCUT2D eigenvalue weighted by Gasteiger charge is -2.14. The second kappa shape index (κ2) is 8.18. The van der Waals surface area contributed by atoms with Crippen molar-refractivity contribution < 1.29 is 9.59 Å². The van der Waals surface area contributed by atoms with E-state index in [9.17, 15) is 9.59 Å². The van der Waals surface area contributed by atoms with Crippen LogP contribution >= 0.6 is 0 Å². The van der Waals surface area contributed by atoms with Gasteiger partial charge in [0.2, 0.25) is 0 Å². The number of amides is 2. The van der Waals surface area contributed by atoms with Crippen LogP contribution < -0.4 is 10.6 Å². The second-order valence-electron chi connectivity index (χ2n) is 6.77. The second-order valence-corrected chi connectivity index (χ2v) is 6.77. The molecule has 1 aromatic carbocycles. The van der Waals surface area contributed by atoms with Gasteiger partial charge >= 0.3 is 0 Å². The Bertz CT molecular complexity index is 976. The minimum absolute atomic E-state index is 0.107. The van der Waals surface area contributed by atoms with Gasteiger partial charge in [-0.05, 0) is 56.3 Å². The number of benzene rings is 1. The molecule has 0 atom stereocenters. The summed E-state index contributed by atoms with van der Waals surface area (Å²) in [5.41, 5.74) is 2.17. The van der Waals surface area contributed by atoms with Crippen molar-refractivity contribution in [1.82, 2.24) is 24.8 Å². The first kappa shape index (κ1) is 18.1. The Kier molecular flexibility index (Phi) is 5.29. The highest BCUT2D eigenvalue weighted by molar-refractivity contribution is 6.03. The third kappa shape index (κ3) is 4.01. The zero-order valence-electron chi connectivity index (χ0n) is 15.5. The van der Waals surface area contributed by atoms with Gasteiger partial charge in [0.15, 0.2) is 5.65 Å². The molecule has 0 bridgehead atoms. The van der Waals surface area contributed by atoms with Crippen LogP contribution in [0.5, 0.6) is 0 Å². The molecule has 3 aromatic rings. The predicted octanol–water partition coefficient (Wildman–Crippen LogP) is 1.81. The highest BCUT2D eigenvalue weighted by Gasteiger charge is 2.13. The number of carbonyl (C=O) groups excluding carboxylic acids is 2. The van der Waals surface area contributed by atoms with Gasteiger partial charge in [-0.25, -0.2) is 9.50 Å². The van der Waals surface area contributed by atoms with E-state index in [2.05, 4.69) is 25.6 Å². The molecule has 1 aliphatic heterocycles. The van der Waals surface area contributed by atoms with E-state index >= 15 is 0 Å². The summed E-state index contributed by atoms with van der Waals surface area (Å²) in [5.74, 6) is -0.400. The molecule has 8 heteroatoms. The molecule has 1 aliphatic rings. The lowest BCUT2D eigenvalue weighted by atomic mass is 10.2. The summed E-state index contributed by atoms with van der Waals surface area (Å²) in [6.45, 7) is 3.76. The van der Waals surface area contributed by atoms with Gasteiger partial charge < -0.3 is 15.5 Å². The molecule has 0 unspecified atom stereocenters. The average Bonchev–Trinajstić information content (AvgIpc) is 3.40. The first-order valence-corrected chi connectivity index (χ1v) is 9.41. The summed E-state index contributed by atoms with van der Waals surface area (Å²) in [6.07, 6.45) is 5.65. The normalized spacial score (nSPS) is 14.3. The monoisotopic (exact) mass is 378 g/mol. The van der Waals surface area contributed by atoms with E-state index in [4.69, 9.17) is 0 Å². The van der Waals surface area contributed by atoms with Gasteiger partial charge in [-0.15, -0.1) is 0 Å². The lowest BCUT2D eigenvalue weighted by molar-refractivity contribution is 0.0949. The van der Waals surface area contributed by atoms with Crippen LogP contribution in [0.1, 0.15) is 33.7 Å². The topological polar surface area (TPSA) is 91.6 Å². The number of nitrogens with zero attached hydrogens (tertiary/aromatic N) is 4. The molecule has 3 heterocycles. The summed E-state index contributed by atoms with van der Waals surface area (Å²) in [4.78, 5) is 31.3. The number of nitrogens with one attached hydrogen (secondary N) is 2. The van der Waals surface area contributed by atoms with E-state index in [0.717, 1.165) is 19.6 Å². The first-order valence-electron chi connectivity index (χ1n) is 9.41. The SMILES string of the molecule is O=C(NCCN1CCCC1)c1ccc(NC(=O)c2ccnc3ccnn23)cc1. The number of rotatable bonds is 6. The molecule has 4 rings (SSSR count). The van der Waals surface area contributed by atoms with Crippen molar-refractivity contribution in [1.29, 1.82) is 0 Å². The molecule has 8 nitrogen and oxygen atoms in total. The summed E-state index contributed by atoms with van der Waals surface area (Å²) in [6, 6.07) is 10.2. The third-order valence-corrected chi connectivity index (χ3v) is 4.84. The van der Waals surface area contributed by atoms with Gasteiger partial charge in [-0.2, -0.15) is 5.10 Å². The van der Waals surface area contributed by atoms with Gasteiger partial charge in [0, 0.05) is 36.6 Å². The molecule has 1 saturated heterocycles. The molecule has 28 heavy (non-hydrogen) atoms. The highest BCUT2D eigenvalue weighted by Crippen LogP contribution is 2.12. The van der Waals surface area contributed by atoms with Gasteiger partial charge in [0.05, 0.1) is 6.20 Å². The van der Waals surface area contributed by atoms with Crippen molar-refractivity contribution in [3.8, 4) is 0 Å². The van der Waals surface area contributed by atoms with Gasteiger partial charge in [0.1, 0.15) is 5.69 Å². The molecule has 144 valence electrons. The summed E-state index contributed by atoms with van der Waals surface area (Å²) >= 11 is 0. The van der Waals surface area contributed by atoms with E-state index in [0.29, 0.717) is 29.1 Å². The molecule has 2 aromatic heterocycles. The van der Waals surface area contributed by atoms with Crippen LogP contribution in [-0.4, -0.2) is 57.5 Å². The summed E-state index contributed by atoms with van der Waals surface area (Å²) in [5, 5.41) is 9.88. The molecule has 2 amide bonds. The maximum absolute atomic E-state index is 12.5. The standard InChI is InChI=1S/C20H22N6O2/c27-19(22-11-14-25-12-1-2-13-25)15-3-5-16(6-4-15)24-20(28)17-7-9-21-18-8-10-23-26(17)18/h3-10H,1-2,11-14H2,(H,22,27)(H,24,28). The van der Waals surface area contributed by atoms with E-state index in [1.165, 1.54) is 17.4 Å². The minimum atomic E-state index is -0.293. The number of fused-ring (bicyclic) bond motifs is 1. The third-order valence-electron chi connectivity index (χ3n) is 4.84. The van der Waals surface area contributed by atoms with Crippen molar-refractivity contribution in [3.05, 3.63) is 60.0 Å². The van der Waals surface area contributed by atoms with Crippen LogP contribution in [0, 0.1) is 0 Å². The molecular weight excluding hydrogens is 356 g/mol. The fourth-order valence-corrected chi connectivity index (χ4v) is 3.34. The van der Waals surface area contributed by atoms with E-state index in [1.54, 1.807) is 48.8 Å². The zero-order valence-corrected chi connectivity index (χ0v) is 15.5. The number of likely N-dealkylation sites (tertiary alicyclic amines) is 1. The number of carbonyl (C=O) groups is 2. The van der Waals surface area contributed by atoms with Crippen LogP contribution in [0.25, 0.3) is 5.65 Å². The van der Waals surface area contributed by atoms with Gasteiger partial charge in [-0.1, -0.05) is 0 Å². The maximum Gasteiger partial charge on any atom is 0.274 e. The number of aromatic nitrogens is 3. The average molecular weight is 378 g/mol. The van der Waals surface area contributed by atoms with Crippen molar-refractivity contribution in [2.75, 3.05) is 31.5 Å². The van der Waals surface area contributed by atoms with Crippen LogP contribution in [-0.2, 0) is 0 Å². The Hall–Kier alpha value is -3.26. The van der Waals surface area contributed by atoms with Crippen molar-refractivity contribution in [2.45, 2.75) is 12.8 Å². The molecule has 2 N–H and O–H groups in total. The number of hydrogen-bond acceptors (Lipinski definition) is 5. The van der Waals surface area contributed by atoms with E-state index in [1.807, 2.05) is 0 Å². The molecule has 0 saturated carbocycles. The van der Waals surface area contributed by atoms with E-state index in [-0.39, 0.29) is 11.8 Å². The Labute approximate surface area is 162 Å². The van der Waals surface area contributed by atoms with Gasteiger partial charge in [-0.3, -0.25) is 9.59 Å². The number of hydrogen-bond donors (Lipinski definition) is 2. The zero-order chi connectivity index (χ0) is 19.3. The Morgan fingerprint density at radius 3 is 2.54 bits per heavy atom. The summed E-state index contributed by atoms with van der Waals surface area (Å²) < 4.78 is 1.48. The van der Waals surface area contributed by atoms with Crippen molar-refractivity contribution >= 4 is 23.1 Å². The Balaban J connectivity index is 1.34. The van der Waals surface area contributed by atoms with Crippen molar-refractivity contribution in [3.63, 3.8) is 0 Å². The quantitative estimate of drug-likeness (QED) is 0.683. The Morgan fingerprint density at radius 2 is 1.75 bits per heavy atom. The summed E-state index contributed by atoms with van der Waals surface area (Å²) in [7, 11) is 0. The smallest absolute Gasteiger partial charge is 0.274 e. The predicted molar refractivity (Wildman–Crippen MR) is 105 cm³/mol. The van der Waals surface area contributed by atoms with E-state index < -0.39 is 0 Å². The molecular formula is C20H22N6O2. The fraction of sp³-hybridized carbons (Fsp3) is 0.300. The van der Waals surface area contributed by atoms with Crippen LogP contribution in [0.15, 0.2) is 48.8 Å². The highest BCUT2D eigenvalue weighted by atomic mass is 16.2. The number of anilines is 1. The largest absolute Gasteiger partial charge is 0.351 e. The van der Waals surface area contributed by atoms with Crippen LogP contribution in [0.4, 0.5) is 5.69 Å². The minimum Gasteiger partial charge on any atom is -0.351 e. The fourth-order valence-electron chi connectivity index (χ4n) is 3.34. The first-order chi connectivity index (χ1) is 13.7. The molecule has 1 fully saturated rings. The molecule has 0 spiro atoms. The lowest BCUT2D eigenvalue weighted by Crippen LogP contribution is -2.33. The maximum atomic E-state index is 12.5.